The van der Waals surface area contributed by atoms with Gasteiger partial charge >= 0.3 is 11.9 Å². The van der Waals surface area contributed by atoms with Crippen molar-refractivity contribution in [3.8, 4) is 11.5 Å². The van der Waals surface area contributed by atoms with Crippen molar-refractivity contribution in [2.75, 3.05) is 7.11 Å². The van der Waals surface area contributed by atoms with Crippen LogP contribution in [-0.4, -0.2) is 34.4 Å². The minimum Gasteiger partial charge on any atom is -0.504 e. The third-order valence-corrected chi connectivity index (χ3v) is 2.29. The van der Waals surface area contributed by atoms with Gasteiger partial charge in [-0.2, -0.15) is 0 Å². The Morgan fingerprint density at radius 1 is 1.33 bits per heavy atom. The second kappa shape index (κ2) is 9.19. The molecule has 0 aliphatic carbocycles. The zero-order valence-electron chi connectivity index (χ0n) is 11.7. The van der Waals surface area contributed by atoms with Crippen LogP contribution < -0.4 is 4.74 Å². The van der Waals surface area contributed by atoms with Crippen LogP contribution in [0.4, 0.5) is 0 Å². The van der Waals surface area contributed by atoms with Crippen LogP contribution in [0.2, 0.25) is 0 Å². The first-order valence-corrected chi connectivity index (χ1v) is 5.91. The summed E-state index contributed by atoms with van der Waals surface area (Å²) in [6, 6.07) is 5.27. The second-order valence-electron chi connectivity index (χ2n) is 3.98. The fraction of sp³-hybridized carbons (Fsp3) is 0.200. The Bertz CT molecular complexity index is 533. The van der Waals surface area contributed by atoms with Gasteiger partial charge in [-0.15, -0.1) is 6.58 Å². The van der Waals surface area contributed by atoms with Gasteiger partial charge in [0.1, 0.15) is 0 Å². The van der Waals surface area contributed by atoms with Gasteiger partial charge in [-0.25, -0.2) is 4.79 Å². The van der Waals surface area contributed by atoms with Crippen molar-refractivity contribution in [2.45, 2.75) is 12.8 Å². The Morgan fingerprint density at radius 3 is 2.33 bits per heavy atom. The summed E-state index contributed by atoms with van der Waals surface area (Å²) < 4.78 is 4.95. The van der Waals surface area contributed by atoms with Gasteiger partial charge in [0.15, 0.2) is 11.5 Å². The Morgan fingerprint density at radius 2 is 1.95 bits per heavy atom. The lowest BCUT2D eigenvalue weighted by Gasteiger charge is -2.04. The standard InChI is InChI=1S/C10H12O2.C5H6O4/c1-3-4-8-5-6-9(11)10(7-8)12-2;1-3(5(8)9)2-4(6)7/h3,5-7,11H,1,4H2,2H3;1-2H2,(H,6,7)(H,8,9). The Hall–Kier alpha value is -2.76. The number of hydrogen-bond donors (Lipinski definition) is 3. The molecule has 114 valence electrons. The summed E-state index contributed by atoms with van der Waals surface area (Å²) in [5, 5.41) is 25.3. The zero-order chi connectivity index (χ0) is 16.4. The van der Waals surface area contributed by atoms with Gasteiger partial charge in [-0.05, 0) is 24.1 Å². The van der Waals surface area contributed by atoms with Gasteiger partial charge in [0.25, 0.3) is 0 Å². The van der Waals surface area contributed by atoms with Crippen LogP contribution >= 0.6 is 0 Å². The molecule has 21 heavy (non-hydrogen) atoms. The number of benzene rings is 1. The van der Waals surface area contributed by atoms with Crippen molar-refractivity contribution in [2.24, 2.45) is 0 Å². The van der Waals surface area contributed by atoms with E-state index in [-0.39, 0.29) is 11.3 Å². The molecule has 6 nitrogen and oxygen atoms in total. The Kier molecular flexibility index (Phi) is 7.98. The molecule has 0 bridgehead atoms. The van der Waals surface area contributed by atoms with E-state index in [1.54, 1.807) is 12.1 Å². The number of carboxylic acids is 2. The summed E-state index contributed by atoms with van der Waals surface area (Å²) in [5.74, 6) is -1.76. The predicted octanol–water partition coefficient (Wildman–Crippen LogP) is 2.23. The monoisotopic (exact) mass is 294 g/mol. The molecule has 0 fully saturated rings. The van der Waals surface area contributed by atoms with Crippen molar-refractivity contribution in [1.29, 1.82) is 0 Å². The van der Waals surface area contributed by atoms with E-state index in [0.29, 0.717) is 5.75 Å². The quantitative estimate of drug-likeness (QED) is 0.549. The lowest BCUT2D eigenvalue weighted by atomic mass is 10.1. The largest absolute Gasteiger partial charge is 0.504 e. The SMILES string of the molecule is C=C(CC(=O)O)C(=O)O.C=CCc1ccc(O)c(OC)c1. The van der Waals surface area contributed by atoms with Crippen molar-refractivity contribution < 1.29 is 29.6 Å². The number of allylic oxidation sites excluding steroid dienone is 1. The van der Waals surface area contributed by atoms with E-state index in [0.717, 1.165) is 12.0 Å². The Labute approximate surface area is 122 Å². The summed E-state index contributed by atoms with van der Waals surface area (Å²) in [6.45, 7) is 6.64. The highest BCUT2D eigenvalue weighted by atomic mass is 16.5. The molecule has 0 radical (unpaired) electrons. The predicted molar refractivity (Wildman–Crippen MR) is 77.6 cm³/mol. The highest BCUT2D eigenvalue weighted by molar-refractivity contribution is 5.91. The number of phenolic OH excluding ortho intramolecular Hbond substituents is 1. The average Bonchev–Trinajstić information content (AvgIpc) is 2.41. The summed E-state index contributed by atoms with van der Waals surface area (Å²) in [6.07, 6.45) is 2.10. The molecule has 1 aromatic carbocycles. The first-order valence-electron chi connectivity index (χ1n) is 5.91. The van der Waals surface area contributed by atoms with Gasteiger partial charge in [-0.3, -0.25) is 4.79 Å². The first-order chi connectivity index (χ1) is 9.81. The van der Waals surface area contributed by atoms with Crippen molar-refractivity contribution >= 4 is 11.9 Å². The average molecular weight is 294 g/mol. The maximum atomic E-state index is 9.87. The van der Waals surface area contributed by atoms with E-state index in [9.17, 15) is 14.7 Å². The molecule has 0 spiro atoms. The lowest BCUT2D eigenvalue weighted by molar-refractivity contribution is -0.139. The second-order valence-corrected chi connectivity index (χ2v) is 3.98. The van der Waals surface area contributed by atoms with Crippen LogP contribution in [0.3, 0.4) is 0 Å². The molecular weight excluding hydrogens is 276 g/mol. The highest BCUT2D eigenvalue weighted by Crippen LogP contribution is 2.26. The maximum absolute atomic E-state index is 9.87. The molecule has 0 saturated heterocycles. The first kappa shape index (κ1) is 18.2. The summed E-state index contributed by atoms with van der Waals surface area (Å²) in [4.78, 5) is 19.7. The molecule has 0 saturated carbocycles. The van der Waals surface area contributed by atoms with Crippen LogP contribution in [0.25, 0.3) is 0 Å². The molecular formula is C15H18O6. The van der Waals surface area contributed by atoms with Gasteiger partial charge in [0.05, 0.1) is 13.5 Å². The minimum atomic E-state index is -1.27. The fourth-order valence-corrected chi connectivity index (χ4v) is 1.27. The minimum absolute atomic E-state index is 0.172. The molecule has 0 aliphatic rings. The molecule has 1 aromatic rings. The summed E-state index contributed by atoms with van der Waals surface area (Å²) in [5.41, 5.74) is 0.780. The molecule has 3 N–H and O–H groups in total. The number of aliphatic carboxylic acids is 2. The van der Waals surface area contributed by atoms with Gasteiger partial charge in [0.2, 0.25) is 0 Å². The lowest BCUT2D eigenvalue weighted by Crippen LogP contribution is -2.04. The van der Waals surface area contributed by atoms with Gasteiger partial charge in [0, 0.05) is 5.57 Å². The topological polar surface area (TPSA) is 104 Å². The Balaban J connectivity index is 0.000000400. The maximum Gasteiger partial charge on any atom is 0.331 e. The number of carboxylic acid groups (broad SMARTS) is 2. The molecule has 1 rings (SSSR count). The summed E-state index contributed by atoms with van der Waals surface area (Å²) >= 11 is 0. The number of ether oxygens (including phenoxy) is 1. The van der Waals surface area contributed by atoms with E-state index < -0.39 is 18.4 Å². The number of carbonyl (C=O) groups is 2. The van der Waals surface area contributed by atoms with Crippen LogP contribution in [0, 0.1) is 0 Å². The van der Waals surface area contributed by atoms with Crippen LogP contribution in [0.1, 0.15) is 12.0 Å². The van der Waals surface area contributed by atoms with Crippen LogP contribution in [0.15, 0.2) is 43.0 Å². The zero-order valence-corrected chi connectivity index (χ0v) is 11.7. The third-order valence-electron chi connectivity index (χ3n) is 2.29. The number of hydrogen-bond acceptors (Lipinski definition) is 4. The van der Waals surface area contributed by atoms with E-state index in [1.165, 1.54) is 7.11 Å². The molecule has 0 aromatic heterocycles. The summed E-state index contributed by atoms with van der Waals surface area (Å²) in [7, 11) is 1.53. The van der Waals surface area contributed by atoms with Gasteiger partial charge in [-0.1, -0.05) is 18.7 Å². The van der Waals surface area contributed by atoms with Crippen molar-refractivity contribution in [1.82, 2.24) is 0 Å². The van der Waals surface area contributed by atoms with Crippen molar-refractivity contribution in [3.05, 3.63) is 48.6 Å². The van der Waals surface area contributed by atoms with Crippen LogP contribution in [-0.2, 0) is 16.0 Å². The fourth-order valence-electron chi connectivity index (χ4n) is 1.27. The van der Waals surface area contributed by atoms with E-state index >= 15 is 0 Å². The van der Waals surface area contributed by atoms with Crippen LogP contribution in [0.5, 0.6) is 11.5 Å². The molecule has 0 aliphatic heterocycles. The normalized spacial score (nSPS) is 9.00. The van der Waals surface area contributed by atoms with Crippen molar-refractivity contribution in [3.63, 3.8) is 0 Å². The number of rotatable bonds is 6. The number of phenols is 1. The number of methoxy groups -OCH3 is 1. The smallest absolute Gasteiger partial charge is 0.331 e. The highest BCUT2D eigenvalue weighted by Gasteiger charge is 2.07. The third kappa shape index (κ3) is 7.41. The molecule has 0 amide bonds. The molecule has 0 unspecified atom stereocenters. The van der Waals surface area contributed by atoms with E-state index in [4.69, 9.17) is 14.9 Å². The molecule has 6 heteroatoms. The van der Waals surface area contributed by atoms with Gasteiger partial charge < -0.3 is 20.1 Å². The van der Waals surface area contributed by atoms with E-state index in [1.807, 2.05) is 12.1 Å². The van der Waals surface area contributed by atoms with E-state index in [2.05, 4.69) is 13.2 Å². The molecule has 0 heterocycles. The number of aromatic hydroxyl groups is 1. The molecule has 0 atom stereocenters.